The molecule has 7 nitrogen and oxygen atoms in total. The van der Waals surface area contributed by atoms with E-state index in [1.165, 1.54) is 6.21 Å². The maximum Gasteiger partial charge on any atom is 0.152 e. The molecule has 142 valence electrons. The molecule has 0 aliphatic heterocycles. The Morgan fingerprint density at radius 2 is 2.12 bits per heavy atom. The zero-order valence-corrected chi connectivity index (χ0v) is 16.0. The number of halogens is 1. The highest BCUT2D eigenvalue weighted by Gasteiger charge is 2.25. The largest absolute Gasteiger partial charge is 0.393 e. The van der Waals surface area contributed by atoms with Crippen molar-refractivity contribution < 1.29 is 4.79 Å². The van der Waals surface area contributed by atoms with Crippen molar-refractivity contribution in [1.29, 1.82) is 5.41 Å². The highest BCUT2D eigenvalue weighted by molar-refractivity contribution is 6.34. The second-order valence-electron chi connectivity index (χ2n) is 6.40. The number of nitrogens with two attached hydrogens (primary N) is 1. The van der Waals surface area contributed by atoms with E-state index in [1.807, 2.05) is 0 Å². The molecule has 26 heavy (non-hydrogen) atoms. The topological polar surface area (TPSA) is 116 Å². The Labute approximate surface area is 159 Å². The fourth-order valence-corrected chi connectivity index (χ4v) is 3.53. The average molecular weight is 379 g/mol. The third kappa shape index (κ3) is 4.41. The van der Waals surface area contributed by atoms with Gasteiger partial charge in [0.1, 0.15) is 5.82 Å². The quantitative estimate of drug-likeness (QED) is 0.349. The van der Waals surface area contributed by atoms with Gasteiger partial charge in [-0.05, 0) is 19.9 Å². The number of aromatic nitrogens is 1. The number of anilines is 1. The molecule has 0 saturated heterocycles. The maximum atomic E-state index is 11.8. The van der Waals surface area contributed by atoms with Gasteiger partial charge in [0.25, 0.3) is 0 Å². The predicted octanol–water partition coefficient (Wildman–Crippen LogP) is 2.16. The van der Waals surface area contributed by atoms with Crippen LogP contribution in [0.5, 0.6) is 0 Å². The Kier molecular flexibility index (Phi) is 7.56. The molecule has 1 aromatic heterocycles. The third-order valence-electron chi connectivity index (χ3n) is 4.62. The first-order valence-electron chi connectivity index (χ1n) is 8.79. The molecule has 1 fully saturated rings. The number of hydrogen-bond donors (Lipinski definition) is 5. The van der Waals surface area contributed by atoms with Crippen LogP contribution in [0.2, 0.25) is 5.02 Å². The number of nitrogens with one attached hydrogen (secondary N) is 4. The zero-order valence-electron chi connectivity index (χ0n) is 15.2. The Bertz CT molecular complexity index is 691. The number of allylic oxidation sites excluding steroid dienone is 1. The molecule has 0 amide bonds. The van der Waals surface area contributed by atoms with Crippen molar-refractivity contribution in [2.24, 2.45) is 5.73 Å². The van der Waals surface area contributed by atoms with Crippen molar-refractivity contribution in [3.63, 3.8) is 0 Å². The van der Waals surface area contributed by atoms with Crippen molar-refractivity contribution in [2.75, 3.05) is 19.4 Å². The van der Waals surface area contributed by atoms with Crippen LogP contribution in [0.4, 0.5) is 5.82 Å². The van der Waals surface area contributed by atoms with Crippen LogP contribution >= 0.6 is 11.6 Å². The summed E-state index contributed by atoms with van der Waals surface area (Å²) in [4.78, 5) is 16.4. The summed E-state index contributed by atoms with van der Waals surface area (Å²) in [6.45, 7) is 0.415. The molecule has 0 spiro atoms. The molecule has 0 bridgehead atoms. The summed E-state index contributed by atoms with van der Waals surface area (Å²) in [6.07, 6.45) is 7.69. The summed E-state index contributed by atoms with van der Waals surface area (Å²) >= 11 is 6.58. The minimum absolute atomic E-state index is 0.0404. The van der Waals surface area contributed by atoms with Gasteiger partial charge in [-0.25, -0.2) is 4.98 Å². The number of rotatable bonds is 8. The Hall–Kier alpha value is -1.96. The molecule has 1 unspecified atom stereocenters. The van der Waals surface area contributed by atoms with E-state index in [0.29, 0.717) is 39.8 Å². The van der Waals surface area contributed by atoms with Crippen LogP contribution < -0.4 is 21.7 Å². The standard InChI is InChI=1S/C18H27ClN6O/c1-22-8-11(7-20)17-13(10-26)12(9-23-2)16(19)18(25-17)24-15-6-4-3-5-14(15)21/h7-8,10,14-15,20,22-23H,3-6,9,21H2,1-2H3,(H,24,25)/b11-8+,20-7?/t14-,15?/m0/s1. The maximum absolute atomic E-state index is 11.8. The molecule has 2 atom stereocenters. The molecular weight excluding hydrogens is 352 g/mol. The van der Waals surface area contributed by atoms with E-state index in [0.717, 1.165) is 32.0 Å². The molecule has 1 aromatic rings. The summed E-state index contributed by atoms with van der Waals surface area (Å²) in [6, 6.07) is 0.126. The Morgan fingerprint density at radius 1 is 1.38 bits per heavy atom. The van der Waals surface area contributed by atoms with Gasteiger partial charge in [-0.2, -0.15) is 0 Å². The van der Waals surface area contributed by atoms with E-state index in [9.17, 15) is 4.79 Å². The molecule has 8 heteroatoms. The SMILES string of the molecule is CN/C=C(\C=N)c1nc(NC2CCCC[C@@H]2N)c(Cl)c(CNC)c1C=O. The van der Waals surface area contributed by atoms with E-state index in [-0.39, 0.29) is 12.1 Å². The van der Waals surface area contributed by atoms with Gasteiger partial charge in [-0.1, -0.05) is 24.4 Å². The summed E-state index contributed by atoms with van der Waals surface area (Å²) in [7, 11) is 3.52. The van der Waals surface area contributed by atoms with Gasteiger partial charge in [-0.3, -0.25) is 4.79 Å². The Morgan fingerprint density at radius 3 is 2.69 bits per heavy atom. The van der Waals surface area contributed by atoms with Crippen LogP contribution in [-0.2, 0) is 6.54 Å². The van der Waals surface area contributed by atoms with Gasteiger partial charge in [0.2, 0.25) is 0 Å². The summed E-state index contributed by atoms with van der Waals surface area (Å²) in [5.41, 5.74) is 8.20. The number of aldehydes is 1. The lowest BCUT2D eigenvalue weighted by Crippen LogP contribution is -2.43. The number of nitrogens with zero attached hydrogens (tertiary/aromatic N) is 1. The lowest BCUT2D eigenvalue weighted by atomic mass is 9.91. The van der Waals surface area contributed by atoms with Crippen molar-refractivity contribution in [3.05, 3.63) is 28.0 Å². The van der Waals surface area contributed by atoms with Crippen LogP contribution in [0.25, 0.3) is 5.57 Å². The van der Waals surface area contributed by atoms with Crippen molar-refractivity contribution in [1.82, 2.24) is 15.6 Å². The summed E-state index contributed by atoms with van der Waals surface area (Å²) < 4.78 is 0. The number of hydrogen-bond acceptors (Lipinski definition) is 7. The molecule has 0 aromatic carbocycles. The van der Waals surface area contributed by atoms with Crippen LogP contribution in [0.15, 0.2) is 6.20 Å². The second-order valence-corrected chi connectivity index (χ2v) is 6.77. The fraction of sp³-hybridized carbons (Fsp3) is 0.500. The minimum Gasteiger partial charge on any atom is -0.393 e. The van der Waals surface area contributed by atoms with Crippen molar-refractivity contribution in [2.45, 2.75) is 44.3 Å². The monoisotopic (exact) mass is 378 g/mol. The minimum atomic E-state index is 0.0404. The van der Waals surface area contributed by atoms with Gasteiger partial charge in [0.15, 0.2) is 6.29 Å². The molecular formula is C18H27ClN6O. The van der Waals surface area contributed by atoms with Gasteiger partial charge in [0.05, 0.1) is 10.7 Å². The average Bonchev–Trinajstić information content (AvgIpc) is 2.64. The first-order chi connectivity index (χ1) is 12.6. The van der Waals surface area contributed by atoms with Crippen molar-refractivity contribution in [3.8, 4) is 0 Å². The zero-order chi connectivity index (χ0) is 19.1. The van der Waals surface area contributed by atoms with E-state index in [2.05, 4.69) is 20.9 Å². The second kappa shape index (κ2) is 9.66. The first kappa shape index (κ1) is 20.4. The predicted molar refractivity (Wildman–Crippen MR) is 107 cm³/mol. The number of carbonyl (C=O) groups is 1. The smallest absolute Gasteiger partial charge is 0.152 e. The first-order valence-corrected chi connectivity index (χ1v) is 9.17. The highest BCUT2D eigenvalue weighted by atomic mass is 35.5. The van der Waals surface area contributed by atoms with E-state index in [1.54, 1.807) is 20.3 Å². The fourth-order valence-electron chi connectivity index (χ4n) is 3.27. The third-order valence-corrected chi connectivity index (χ3v) is 5.03. The molecule has 1 heterocycles. The van der Waals surface area contributed by atoms with Crippen LogP contribution in [0.3, 0.4) is 0 Å². The molecule has 6 N–H and O–H groups in total. The lowest BCUT2D eigenvalue weighted by Gasteiger charge is -2.30. The molecule has 0 radical (unpaired) electrons. The van der Waals surface area contributed by atoms with E-state index < -0.39 is 0 Å². The molecule has 2 rings (SSSR count). The Balaban J connectivity index is 2.56. The number of carbonyl (C=O) groups excluding carboxylic acids is 1. The summed E-state index contributed by atoms with van der Waals surface area (Å²) in [5.74, 6) is 0.503. The van der Waals surface area contributed by atoms with Gasteiger partial charge in [0, 0.05) is 54.8 Å². The number of pyridine rings is 1. The molecule has 1 saturated carbocycles. The molecule has 1 aliphatic carbocycles. The van der Waals surface area contributed by atoms with Gasteiger partial charge >= 0.3 is 0 Å². The van der Waals surface area contributed by atoms with Crippen molar-refractivity contribution >= 4 is 35.5 Å². The lowest BCUT2D eigenvalue weighted by molar-refractivity contribution is 0.112. The molecule has 1 aliphatic rings. The summed E-state index contributed by atoms with van der Waals surface area (Å²) in [5, 5.41) is 17.4. The van der Waals surface area contributed by atoms with E-state index in [4.69, 9.17) is 22.7 Å². The normalized spacial score (nSPS) is 20.5. The van der Waals surface area contributed by atoms with Crippen LogP contribution in [-0.4, -0.2) is 43.7 Å². The van der Waals surface area contributed by atoms with Crippen LogP contribution in [0, 0.1) is 5.41 Å². The van der Waals surface area contributed by atoms with E-state index >= 15 is 0 Å². The van der Waals surface area contributed by atoms with Crippen LogP contribution in [0.1, 0.15) is 47.3 Å². The highest BCUT2D eigenvalue weighted by Crippen LogP contribution is 2.32. The van der Waals surface area contributed by atoms with Gasteiger partial charge < -0.3 is 27.1 Å². The van der Waals surface area contributed by atoms with Gasteiger partial charge in [-0.15, -0.1) is 0 Å².